The standard InChI is InChI=1S/C23H23N3O4/c1-16-26(10-12-28-16)23(27)14-21(22-9-11-30-25-22)18-5-7-20(8-6-18)29-15-17-3-2-4-19(24)13-17/h2-9,11,13,21H,1,10,12,14-15,24H2. The molecule has 4 rings (SSSR count). The second-order valence-corrected chi connectivity index (χ2v) is 7.07. The van der Waals surface area contributed by atoms with Crippen molar-refractivity contribution in [2.45, 2.75) is 18.9 Å². The van der Waals surface area contributed by atoms with Gasteiger partial charge in [0.15, 0.2) is 5.88 Å². The summed E-state index contributed by atoms with van der Waals surface area (Å²) in [5, 5.41) is 4.06. The number of benzene rings is 2. The first-order valence-electron chi connectivity index (χ1n) is 9.69. The quantitative estimate of drug-likeness (QED) is 0.603. The van der Waals surface area contributed by atoms with E-state index >= 15 is 0 Å². The van der Waals surface area contributed by atoms with E-state index in [0.29, 0.717) is 37.0 Å². The van der Waals surface area contributed by atoms with Crippen molar-refractivity contribution < 1.29 is 18.8 Å². The molecule has 3 aromatic rings. The number of amides is 1. The minimum absolute atomic E-state index is 0.0625. The molecule has 0 spiro atoms. The predicted octanol–water partition coefficient (Wildman–Crippen LogP) is 3.69. The van der Waals surface area contributed by atoms with E-state index < -0.39 is 0 Å². The molecule has 1 atom stereocenters. The third-order valence-corrected chi connectivity index (χ3v) is 5.02. The summed E-state index contributed by atoms with van der Waals surface area (Å²) < 4.78 is 16.2. The van der Waals surface area contributed by atoms with Gasteiger partial charge in [-0.1, -0.05) is 29.4 Å². The zero-order chi connectivity index (χ0) is 20.9. The maximum absolute atomic E-state index is 12.8. The van der Waals surface area contributed by atoms with E-state index in [1.807, 2.05) is 48.5 Å². The molecule has 1 amide bonds. The van der Waals surface area contributed by atoms with Crippen LogP contribution in [0.3, 0.4) is 0 Å². The molecule has 0 saturated carbocycles. The van der Waals surface area contributed by atoms with Crippen LogP contribution in [-0.2, 0) is 16.1 Å². The summed E-state index contributed by atoms with van der Waals surface area (Å²) >= 11 is 0. The minimum Gasteiger partial charge on any atom is -0.489 e. The van der Waals surface area contributed by atoms with Gasteiger partial charge in [0.2, 0.25) is 5.91 Å². The fourth-order valence-corrected chi connectivity index (χ4v) is 3.45. The van der Waals surface area contributed by atoms with Crippen molar-refractivity contribution in [2.75, 3.05) is 18.9 Å². The number of nitrogen functional groups attached to an aromatic ring is 1. The van der Waals surface area contributed by atoms with Crippen LogP contribution in [0.1, 0.15) is 29.2 Å². The van der Waals surface area contributed by atoms with Crippen molar-refractivity contribution in [1.29, 1.82) is 0 Å². The summed E-state index contributed by atoms with van der Waals surface area (Å²) in [6, 6.07) is 17.0. The van der Waals surface area contributed by atoms with Crippen LogP contribution in [-0.4, -0.2) is 29.1 Å². The van der Waals surface area contributed by atoms with E-state index in [1.54, 1.807) is 11.0 Å². The number of aromatic nitrogens is 1. The Morgan fingerprint density at radius 3 is 2.73 bits per heavy atom. The zero-order valence-electron chi connectivity index (χ0n) is 16.5. The maximum Gasteiger partial charge on any atom is 0.230 e. The minimum atomic E-state index is -0.243. The Kier molecular flexibility index (Phi) is 5.70. The molecule has 30 heavy (non-hydrogen) atoms. The molecule has 0 radical (unpaired) electrons. The highest BCUT2D eigenvalue weighted by molar-refractivity contribution is 5.79. The van der Waals surface area contributed by atoms with Crippen molar-refractivity contribution in [3.63, 3.8) is 0 Å². The van der Waals surface area contributed by atoms with Gasteiger partial charge < -0.3 is 19.7 Å². The van der Waals surface area contributed by atoms with Gasteiger partial charge in [0, 0.05) is 24.1 Å². The van der Waals surface area contributed by atoms with Crippen molar-refractivity contribution in [3.05, 3.63) is 90.1 Å². The third-order valence-electron chi connectivity index (χ3n) is 5.02. The first kappa shape index (κ1) is 19.6. The van der Waals surface area contributed by atoms with Crippen molar-refractivity contribution in [2.24, 2.45) is 0 Å². The summed E-state index contributed by atoms with van der Waals surface area (Å²) in [6.07, 6.45) is 1.74. The number of carbonyl (C=O) groups is 1. The fraction of sp³-hybridized carbons (Fsp3) is 0.217. The molecule has 1 saturated heterocycles. The molecular weight excluding hydrogens is 382 g/mol. The van der Waals surface area contributed by atoms with Crippen molar-refractivity contribution in [1.82, 2.24) is 10.1 Å². The highest BCUT2D eigenvalue weighted by Crippen LogP contribution is 2.30. The predicted molar refractivity (Wildman–Crippen MR) is 111 cm³/mol. The molecule has 1 aromatic heterocycles. The van der Waals surface area contributed by atoms with Gasteiger partial charge in [0.05, 0.1) is 12.2 Å². The number of ether oxygens (including phenoxy) is 2. The maximum atomic E-state index is 12.8. The van der Waals surface area contributed by atoms with E-state index in [4.69, 9.17) is 19.7 Å². The molecule has 1 aliphatic heterocycles. The van der Waals surface area contributed by atoms with Crippen LogP contribution in [0.15, 0.2) is 77.8 Å². The Balaban J connectivity index is 1.47. The van der Waals surface area contributed by atoms with Gasteiger partial charge in [0.1, 0.15) is 25.2 Å². The SMILES string of the molecule is C=C1OCCN1C(=O)CC(c1ccc(OCc2cccc(N)c2)cc1)c1ccon1. The second-order valence-electron chi connectivity index (χ2n) is 7.07. The van der Waals surface area contributed by atoms with Gasteiger partial charge in [0.25, 0.3) is 0 Å². The van der Waals surface area contributed by atoms with Crippen LogP contribution >= 0.6 is 0 Å². The Morgan fingerprint density at radius 1 is 1.23 bits per heavy atom. The number of nitrogens with zero attached hydrogens (tertiary/aromatic N) is 2. The summed E-state index contributed by atoms with van der Waals surface area (Å²) in [5.74, 6) is 0.817. The van der Waals surface area contributed by atoms with E-state index in [2.05, 4.69) is 11.7 Å². The van der Waals surface area contributed by atoms with E-state index in [1.165, 1.54) is 6.26 Å². The van der Waals surface area contributed by atoms with Gasteiger partial charge in [-0.25, -0.2) is 0 Å². The molecule has 7 nitrogen and oxygen atoms in total. The summed E-state index contributed by atoms with van der Waals surface area (Å²) in [4.78, 5) is 14.3. The molecular formula is C23H23N3O4. The van der Waals surface area contributed by atoms with Crippen molar-refractivity contribution >= 4 is 11.6 Å². The lowest BCUT2D eigenvalue weighted by molar-refractivity contribution is -0.129. The van der Waals surface area contributed by atoms with Crippen LogP contribution in [0, 0.1) is 0 Å². The Bertz CT molecular complexity index is 1020. The molecule has 0 aliphatic carbocycles. The van der Waals surface area contributed by atoms with Crippen LogP contribution in [0.25, 0.3) is 0 Å². The Hall–Kier alpha value is -3.74. The Labute approximate surface area is 174 Å². The fourth-order valence-electron chi connectivity index (χ4n) is 3.45. The van der Waals surface area contributed by atoms with Gasteiger partial charge in [-0.2, -0.15) is 0 Å². The topological polar surface area (TPSA) is 90.8 Å². The first-order chi connectivity index (χ1) is 14.6. The summed E-state index contributed by atoms with van der Waals surface area (Å²) in [7, 11) is 0. The Morgan fingerprint density at radius 2 is 2.07 bits per heavy atom. The summed E-state index contributed by atoms with van der Waals surface area (Å²) in [6.45, 7) is 5.19. The van der Waals surface area contributed by atoms with E-state index in [-0.39, 0.29) is 18.2 Å². The lowest BCUT2D eigenvalue weighted by Crippen LogP contribution is -2.28. The first-order valence-corrected chi connectivity index (χ1v) is 9.69. The number of rotatable bonds is 7. The number of nitrogens with two attached hydrogens (primary N) is 1. The smallest absolute Gasteiger partial charge is 0.230 e. The molecule has 2 aromatic carbocycles. The zero-order valence-corrected chi connectivity index (χ0v) is 16.5. The molecule has 1 unspecified atom stereocenters. The lowest BCUT2D eigenvalue weighted by atomic mass is 9.92. The molecule has 2 N–H and O–H groups in total. The number of hydrogen-bond donors (Lipinski definition) is 1. The average molecular weight is 405 g/mol. The number of anilines is 1. The molecule has 0 bridgehead atoms. The largest absolute Gasteiger partial charge is 0.489 e. The van der Waals surface area contributed by atoms with Crippen LogP contribution < -0.4 is 10.5 Å². The second kappa shape index (κ2) is 8.73. The van der Waals surface area contributed by atoms with Crippen LogP contribution in [0.2, 0.25) is 0 Å². The van der Waals surface area contributed by atoms with Crippen LogP contribution in [0.4, 0.5) is 5.69 Å². The normalized spacial score (nSPS) is 14.4. The molecule has 1 fully saturated rings. The lowest BCUT2D eigenvalue weighted by Gasteiger charge is -2.19. The van der Waals surface area contributed by atoms with Gasteiger partial charge >= 0.3 is 0 Å². The van der Waals surface area contributed by atoms with Crippen LogP contribution in [0.5, 0.6) is 5.75 Å². The monoisotopic (exact) mass is 405 g/mol. The summed E-state index contributed by atoms with van der Waals surface area (Å²) in [5.41, 5.74) is 9.15. The number of hydrogen-bond acceptors (Lipinski definition) is 6. The highest BCUT2D eigenvalue weighted by atomic mass is 16.5. The molecule has 1 aliphatic rings. The third kappa shape index (κ3) is 4.46. The highest BCUT2D eigenvalue weighted by Gasteiger charge is 2.28. The van der Waals surface area contributed by atoms with Gasteiger partial charge in [-0.3, -0.25) is 9.69 Å². The number of carbonyl (C=O) groups excluding carboxylic acids is 1. The van der Waals surface area contributed by atoms with E-state index in [0.717, 1.165) is 16.9 Å². The molecule has 154 valence electrons. The van der Waals surface area contributed by atoms with E-state index in [9.17, 15) is 4.79 Å². The van der Waals surface area contributed by atoms with Gasteiger partial charge in [-0.05, 0) is 42.0 Å². The average Bonchev–Trinajstić information content (AvgIpc) is 3.43. The molecule has 7 heteroatoms. The molecule has 2 heterocycles. The van der Waals surface area contributed by atoms with Crippen molar-refractivity contribution in [3.8, 4) is 5.75 Å². The van der Waals surface area contributed by atoms with Gasteiger partial charge in [-0.15, -0.1) is 0 Å².